The van der Waals surface area contributed by atoms with Gasteiger partial charge < -0.3 is 9.84 Å². The van der Waals surface area contributed by atoms with Gasteiger partial charge >= 0.3 is 0 Å². The second kappa shape index (κ2) is 2.53. The van der Waals surface area contributed by atoms with Crippen molar-refractivity contribution in [2.75, 3.05) is 0 Å². The highest BCUT2D eigenvalue weighted by Crippen LogP contribution is 2.58. The molecule has 2 saturated carbocycles. The van der Waals surface area contributed by atoms with Crippen LogP contribution in [0.4, 0.5) is 0 Å². The molecule has 1 saturated heterocycles. The van der Waals surface area contributed by atoms with Crippen LogP contribution < -0.4 is 0 Å². The van der Waals surface area contributed by atoms with Crippen molar-refractivity contribution < 1.29 is 9.84 Å². The average molecular weight is 192 g/mol. The van der Waals surface area contributed by atoms with Gasteiger partial charge in [0.05, 0.1) is 12.2 Å². The molecule has 1 N–H and O–H groups in total. The van der Waals surface area contributed by atoms with Gasteiger partial charge in [-0.05, 0) is 32.6 Å². The fourth-order valence-corrected chi connectivity index (χ4v) is 3.04. The Labute approximate surface area is 84.6 Å². The molecule has 5 atom stereocenters. The van der Waals surface area contributed by atoms with Gasteiger partial charge in [-0.2, -0.15) is 0 Å². The van der Waals surface area contributed by atoms with Crippen molar-refractivity contribution >= 4 is 0 Å². The highest BCUT2D eigenvalue weighted by molar-refractivity contribution is 5.21. The van der Waals surface area contributed by atoms with E-state index in [4.69, 9.17) is 4.74 Å². The summed E-state index contributed by atoms with van der Waals surface area (Å²) in [5, 5.41) is 9.52. The van der Waals surface area contributed by atoms with Crippen molar-refractivity contribution in [3.63, 3.8) is 0 Å². The fraction of sp³-hybridized carbons (Fsp3) is 0.833. The lowest BCUT2D eigenvalue weighted by atomic mass is 9.89. The summed E-state index contributed by atoms with van der Waals surface area (Å²) in [7, 11) is 0. The van der Waals surface area contributed by atoms with E-state index in [1.54, 1.807) is 13.8 Å². The summed E-state index contributed by atoms with van der Waals surface area (Å²) < 4.78 is 5.57. The van der Waals surface area contributed by atoms with E-state index in [0.717, 1.165) is 5.92 Å². The third-order valence-corrected chi connectivity index (χ3v) is 3.66. The minimum Gasteiger partial charge on any atom is -0.378 e. The molecule has 0 aromatic carbocycles. The van der Waals surface area contributed by atoms with Crippen LogP contribution in [0.25, 0.3) is 0 Å². The third kappa shape index (κ3) is 1.27. The fourth-order valence-electron chi connectivity index (χ4n) is 3.04. The minimum absolute atomic E-state index is 0.482. The van der Waals surface area contributed by atoms with E-state index in [-0.39, 0.29) is 0 Å². The standard InChI is InChI=1S/C12H16O2/c1-12(2,13)4-3-7-5-8-6-9(7)11-10(8)14-11/h7-11,13H,5-6H2,1-2H3. The molecule has 2 bridgehead atoms. The van der Waals surface area contributed by atoms with Crippen molar-refractivity contribution in [1.82, 2.24) is 0 Å². The lowest BCUT2D eigenvalue weighted by Gasteiger charge is -2.14. The Morgan fingerprint density at radius 1 is 1.29 bits per heavy atom. The molecule has 0 amide bonds. The van der Waals surface area contributed by atoms with Crippen molar-refractivity contribution in [3.8, 4) is 11.8 Å². The number of hydrogen-bond donors (Lipinski definition) is 1. The molecular formula is C12H16O2. The van der Waals surface area contributed by atoms with Crippen LogP contribution in [-0.2, 0) is 4.74 Å². The second-order valence-electron chi connectivity index (χ2n) is 5.40. The molecule has 0 aromatic rings. The molecule has 2 aliphatic carbocycles. The first-order valence-corrected chi connectivity index (χ1v) is 5.45. The van der Waals surface area contributed by atoms with Crippen molar-refractivity contribution in [3.05, 3.63) is 0 Å². The maximum Gasteiger partial charge on any atom is 0.119 e. The number of aliphatic hydroxyl groups is 1. The summed E-state index contributed by atoms with van der Waals surface area (Å²) >= 11 is 0. The zero-order valence-electron chi connectivity index (χ0n) is 8.66. The topological polar surface area (TPSA) is 32.8 Å². The first-order chi connectivity index (χ1) is 6.54. The molecule has 14 heavy (non-hydrogen) atoms. The molecule has 2 heteroatoms. The van der Waals surface area contributed by atoms with Gasteiger partial charge in [-0.25, -0.2) is 0 Å². The van der Waals surface area contributed by atoms with Gasteiger partial charge in [0.15, 0.2) is 0 Å². The molecule has 0 spiro atoms. The predicted octanol–water partition coefficient (Wildman–Crippen LogP) is 1.18. The summed E-state index contributed by atoms with van der Waals surface area (Å²) in [6, 6.07) is 0. The van der Waals surface area contributed by atoms with Gasteiger partial charge in [0, 0.05) is 11.8 Å². The summed E-state index contributed by atoms with van der Waals surface area (Å²) in [5.74, 6) is 8.09. The van der Waals surface area contributed by atoms with E-state index in [9.17, 15) is 5.11 Å². The number of epoxide rings is 1. The normalized spacial score (nSPS) is 48.4. The molecular weight excluding hydrogens is 176 g/mol. The molecule has 3 aliphatic rings. The summed E-state index contributed by atoms with van der Waals surface area (Å²) in [4.78, 5) is 0. The lowest BCUT2D eigenvalue weighted by molar-refractivity contribution is 0.143. The second-order valence-corrected chi connectivity index (χ2v) is 5.40. The van der Waals surface area contributed by atoms with Crippen LogP contribution >= 0.6 is 0 Å². The van der Waals surface area contributed by atoms with Gasteiger partial charge in [0.1, 0.15) is 5.60 Å². The Bertz CT molecular complexity index is 317. The molecule has 5 unspecified atom stereocenters. The minimum atomic E-state index is -0.842. The van der Waals surface area contributed by atoms with E-state index in [2.05, 4.69) is 11.8 Å². The van der Waals surface area contributed by atoms with Crippen molar-refractivity contribution in [2.24, 2.45) is 17.8 Å². The monoisotopic (exact) mass is 192 g/mol. The predicted molar refractivity (Wildman–Crippen MR) is 52.4 cm³/mol. The molecule has 0 radical (unpaired) electrons. The maximum absolute atomic E-state index is 9.52. The number of rotatable bonds is 0. The SMILES string of the molecule is CC(C)(O)C#CC1CC2CC1C1OC21. The summed E-state index contributed by atoms with van der Waals surface area (Å²) in [6.45, 7) is 3.48. The van der Waals surface area contributed by atoms with E-state index in [0.29, 0.717) is 24.0 Å². The Kier molecular flexibility index (Phi) is 1.59. The highest BCUT2D eigenvalue weighted by Gasteiger charge is 2.62. The van der Waals surface area contributed by atoms with E-state index in [1.807, 2.05) is 0 Å². The van der Waals surface area contributed by atoms with Crippen LogP contribution in [0.5, 0.6) is 0 Å². The van der Waals surface area contributed by atoms with E-state index < -0.39 is 5.60 Å². The Hall–Kier alpha value is -0.520. The quantitative estimate of drug-likeness (QED) is 0.462. The van der Waals surface area contributed by atoms with Crippen molar-refractivity contribution in [2.45, 2.75) is 44.5 Å². The largest absolute Gasteiger partial charge is 0.378 e. The first-order valence-electron chi connectivity index (χ1n) is 5.45. The number of ether oxygens (including phenoxy) is 1. The molecule has 1 heterocycles. The van der Waals surface area contributed by atoms with Gasteiger partial charge in [-0.15, -0.1) is 0 Å². The van der Waals surface area contributed by atoms with Crippen molar-refractivity contribution in [1.29, 1.82) is 0 Å². The van der Waals surface area contributed by atoms with Crippen LogP contribution in [-0.4, -0.2) is 22.9 Å². The molecule has 3 rings (SSSR count). The van der Waals surface area contributed by atoms with Crippen LogP contribution in [0.2, 0.25) is 0 Å². The summed E-state index contributed by atoms with van der Waals surface area (Å²) in [6.07, 6.45) is 3.60. The molecule has 76 valence electrons. The molecule has 3 fully saturated rings. The molecule has 1 aliphatic heterocycles. The van der Waals surface area contributed by atoms with E-state index >= 15 is 0 Å². The zero-order chi connectivity index (χ0) is 9.92. The van der Waals surface area contributed by atoms with Crippen LogP contribution in [0.3, 0.4) is 0 Å². The Morgan fingerprint density at radius 2 is 2.07 bits per heavy atom. The smallest absolute Gasteiger partial charge is 0.119 e. The first kappa shape index (κ1) is 8.76. The zero-order valence-corrected chi connectivity index (χ0v) is 8.66. The lowest BCUT2D eigenvalue weighted by Crippen LogP contribution is -2.19. The van der Waals surface area contributed by atoms with Crippen LogP contribution in [0, 0.1) is 29.6 Å². The third-order valence-electron chi connectivity index (χ3n) is 3.66. The van der Waals surface area contributed by atoms with Gasteiger partial charge in [-0.3, -0.25) is 0 Å². The van der Waals surface area contributed by atoms with Crippen LogP contribution in [0.15, 0.2) is 0 Å². The Morgan fingerprint density at radius 3 is 2.64 bits per heavy atom. The van der Waals surface area contributed by atoms with Gasteiger partial charge in [0.2, 0.25) is 0 Å². The molecule has 2 nitrogen and oxygen atoms in total. The Balaban J connectivity index is 1.73. The molecule has 0 aromatic heterocycles. The highest BCUT2D eigenvalue weighted by atomic mass is 16.6. The number of hydrogen-bond acceptors (Lipinski definition) is 2. The van der Waals surface area contributed by atoms with E-state index in [1.165, 1.54) is 12.8 Å². The summed E-state index contributed by atoms with van der Waals surface area (Å²) in [5.41, 5.74) is -0.842. The average Bonchev–Trinajstić information content (AvgIpc) is 2.69. The number of fused-ring (bicyclic) bond motifs is 5. The van der Waals surface area contributed by atoms with Gasteiger partial charge in [0.25, 0.3) is 0 Å². The van der Waals surface area contributed by atoms with Crippen LogP contribution in [0.1, 0.15) is 26.7 Å². The maximum atomic E-state index is 9.52. The van der Waals surface area contributed by atoms with Gasteiger partial charge in [-0.1, -0.05) is 11.8 Å².